The number of H-pyrrole nitrogens is 1. The number of pyridine rings is 1. The predicted octanol–water partition coefficient (Wildman–Crippen LogP) is 5.93. The number of aromatic amines is 1. The van der Waals surface area contributed by atoms with Crippen LogP contribution in [0.1, 0.15) is 0 Å². The van der Waals surface area contributed by atoms with Crippen molar-refractivity contribution in [2.45, 2.75) is 0 Å². The second-order valence-corrected chi connectivity index (χ2v) is 6.78. The quantitative estimate of drug-likeness (QED) is 0.365. The predicted molar refractivity (Wildman–Crippen MR) is 105 cm³/mol. The number of halogens is 1. The fourth-order valence-electron chi connectivity index (χ4n) is 3.92. The lowest BCUT2D eigenvalue weighted by Gasteiger charge is -2.06. The first-order chi connectivity index (χ1) is 12.3. The summed E-state index contributed by atoms with van der Waals surface area (Å²) < 4.78 is 2.25. The molecule has 0 unspecified atom stereocenters. The van der Waals surface area contributed by atoms with E-state index in [9.17, 15) is 0 Å². The SMILES string of the molecule is Clc1ccc2[nH]c3c4ccccc4n4c5ccccc5nc4c3c2c1. The van der Waals surface area contributed by atoms with Crippen LogP contribution in [0.3, 0.4) is 0 Å². The van der Waals surface area contributed by atoms with Gasteiger partial charge in [0.05, 0.1) is 27.5 Å². The Morgan fingerprint density at radius 2 is 1.64 bits per heavy atom. The van der Waals surface area contributed by atoms with Crippen molar-refractivity contribution in [3.8, 4) is 0 Å². The molecule has 0 saturated carbocycles. The first-order valence-corrected chi connectivity index (χ1v) is 8.58. The molecule has 3 aromatic carbocycles. The fourth-order valence-corrected chi connectivity index (χ4v) is 4.09. The summed E-state index contributed by atoms with van der Waals surface area (Å²) >= 11 is 6.28. The number of benzene rings is 3. The first kappa shape index (κ1) is 13.3. The number of para-hydroxylation sites is 3. The van der Waals surface area contributed by atoms with E-state index in [2.05, 4.69) is 51.8 Å². The summed E-state index contributed by atoms with van der Waals surface area (Å²) in [4.78, 5) is 8.52. The molecule has 0 saturated heterocycles. The molecule has 6 rings (SSSR count). The minimum atomic E-state index is 0.732. The zero-order valence-electron chi connectivity index (χ0n) is 13.1. The van der Waals surface area contributed by atoms with Crippen molar-refractivity contribution in [2.24, 2.45) is 0 Å². The number of nitrogens with zero attached hydrogens (tertiary/aromatic N) is 2. The third-order valence-electron chi connectivity index (χ3n) is 4.96. The molecule has 0 spiro atoms. The molecule has 4 heteroatoms. The molecule has 0 atom stereocenters. The highest BCUT2D eigenvalue weighted by Crippen LogP contribution is 2.37. The zero-order chi connectivity index (χ0) is 16.5. The molecule has 118 valence electrons. The second-order valence-electron chi connectivity index (χ2n) is 6.34. The van der Waals surface area contributed by atoms with Crippen LogP contribution >= 0.6 is 11.6 Å². The van der Waals surface area contributed by atoms with Crippen LogP contribution in [0.5, 0.6) is 0 Å². The lowest BCUT2D eigenvalue weighted by atomic mass is 10.1. The summed E-state index contributed by atoms with van der Waals surface area (Å²) in [6.07, 6.45) is 0. The third-order valence-corrected chi connectivity index (χ3v) is 5.19. The Morgan fingerprint density at radius 3 is 2.56 bits per heavy atom. The molecule has 0 aliphatic heterocycles. The molecule has 3 nitrogen and oxygen atoms in total. The van der Waals surface area contributed by atoms with Gasteiger partial charge in [-0.1, -0.05) is 41.9 Å². The fraction of sp³-hybridized carbons (Fsp3) is 0. The van der Waals surface area contributed by atoms with Crippen molar-refractivity contribution in [3.63, 3.8) is 0 Å². The second kappa shape index (κ2) is 4.52. The largest absolute Gasteiger partial charge is 0.354 e. The monoisotopic (exact) mass is 341 g/mol. The Bertz CT molecular complexity index is 1460. The van der Waals surface area contributed by atoms with E-state index in [-0.39, 0.29) is 0 Å². The Morgan fingerprint density at radius 1 is 0.840 bits per heavy atom. The highest BCUT2D eigenvalue weighted by molar-refractivity contribution is 6.32. The van der Waals surface area contributed by atoms with Crippen molar-refractivity contribution in [3.05, 3.63) is 71.8 Å². The van der Waals surface area contributed by atoms with Gasteiger partial charge in [0.1, 0.15) is 5.65 Å². The van der Waals surface area contributed by atoms with Crippen molar-refractivity contribution < 1.29 is 0 Å². The summed E-state index contributed by atoms with van der Waals surface area (Å²) in [5.74, 6) is 0. The Balaban J connectivity index is 2.06. The number of nitrogens with one attached hydrogen (secondary N) is 1. The van der Waals surface area contributed by atoms with E-state index in [1.165, 1.54) is 5.39 Å². The Labute approximate surface area is 147 Å². The van der Waals surface area contributed by atoms with Crippen LogP contribution in [0.2, 0.25) is 5.02 Å². The van der Waals surface area contributed by atoms with Gasteiger partial charge in [-0.25, -0.2) is 4.98 Å². The van der Waals surface area contributed by atoms with E-state index >= 15 is 0 Å². The third kappa shape index (κ3) is 1.63. The molecule has 0 aliphatic carbocycles. The average molecular weight is 342 g/mol. The Hall–Kier alpha value is -3.04. The minimum absolute atomic E-state index is 0.732. The molecule has 1 N–H and O–H groups in total. The van der Waals surface area contributed by atoms with E-state index < -0.39 is 0 Å². The van der Waals surface area contributed by atoms with Crippen LogP contribution < -0.4 is 0 Å². The number of hydrogen-bond acceptors (Lipinski definition) is 1. The van der Waals surface area contributed by atoms with E-state index in [1.54, 1.807) is 0 Å². The van der Waals surface area contributed by atoms with Gasteiger partial charge in [-0.3, -0.25) is 4.40 Å². The summed E-state index contributed by atoms with van der Waals surface area (Å²) in [5, 5.41) is 4.14. The molecule has 0 bridgehead atoms. The standard InChI is InChI=1S/C21H12ClN3/c22-12-9-10-15-14(11-12)19-20(23-15)13-5-1-3-7-17(13)25-18-8-4-2-6-16(18)24-21(19)25/h1-11,23H. The van der Waals surface area contributed by atoms with Crippen LogP contribution in [0.4, 0.5) is 0 Å². The van der Waals surface area contributed by atoms with Gasteiger partial charge in [0, 0.05) is 21.3 Å². The molecule has 6 aromatic rings. The maximum absolute atomic E-state index is 6.28. The van der Waals surface area contributed by atoms with Crippen LogP contribution in [-0.4, -0.2) is 14.4 Å². The van der Waals surface area contributed by atoms with Crippen molar-refractivity contribution in [2.75, 3.05) is 0 Å². The molecule has 0 radical (unpaired) electrons. The topological polar surface area (TPSA) is 33.1 Å². The van der Waals surface area contributed by atoms with Gasteiger partial charge in [0.25, 0.3) is 0 Å². The molecular weight excluding hydrogens is 330 g/mol. The van der Waals surface area contributed by atoms with Gasteiger partial charge in [-0.15, -0.1) is 0 Å². The molecule has 0 amide bonds. The molecule has 0 aliphatic rings. The van der Waals surface area contributed by atoms with Crippen LogP contribution in [0.25, 0.3) is 49.4 Å². The van der Waals surface area contributed by atoms with Crippen LogP contribution in [-0.2, 0) is 0 Å². The van der Waals surface area contributed by atoms with Gasteiger partial charge < -0.3 is 4.98 Å². The summed E-state index contributed by atoms with van der Waals surface area (Å²) in [6, 6.07) is 22.7. The summed E-state index contributed by atoms with van der Waals surface area (Å²) in [6.45, 7) is 0. The molecular formula is C21H12ClN3. The highest BCUT2D eigenvalue weighted by atomic mass is 35.5. The molecule has 0 fully saturated rings. The maximum Gasteiger partial charge on any atom is 0.148 e. The number of aromatic nitrogens is 3. The number of fused-ring (bicyclic) bond motifs is 10. The van der Waals surface area contributed by atoms with E-state index in [0.717, 1.165) is 49.0 Å². The van der Waals surface area contributed by atoms with Crippen molar-refractivity contribution in [1.29, 1.82) is 0 Å². The van der Waals surface area contributed by atoms with Crippen LogP contribution in [0, 0.1) is 0 Å². The maximum atomic E-state index is 6.28. The van der Waals surface area contributed by atoms with Gasteiger partial charge in [-0.05, 0) is 36.4 Å². The first-order valence-electron chi connectivity index (χ1n) is 8.20. The van der Waals surface area contributed by atoms with Crippen molar-refractivity contribution >= 4 is 61.0 Å². The van der Waals surface area contributed by atoms with Gasteiger partial charge >= 0.3 is 0 Å². The molecule has 3 aromatic heterocycles. The van der Waals surface area contributed by atoms with E-state index in [4.69, 9.17) is 16.6 Å². The van der Waals surface area contributed by atoms with E-state index in [0.29, 0.717) is 0 Å². The van der Waals surface area contributed by atoms with Gasteiger partial charge in [0.15, 0.2) is 0 Å². The number of hydrogen-bond donors (Lipinski definition) is 1. The lowest BCUT2D eigenvalue weighted by Crippen LogP contribution is -1.90. The summed E-state index contributed by atoms with van der Waals surface area (Å²) in [5.41, 5.74) is 6.41. The molecule has 25 heavy (non-hydrogen) atoms. The minimum Gasteiger partial charge on any atom is -0.354 e. The summed E-state index contributed by atoms with van der Waals surface area (Å²) in [7, 11) is 0. The molecule has 3 heterocycles. The lowest BCUT2D eigenvalue weighted by molar-refractivity contribution is 1.31. The average Bonchev–Trinajstić information content (AvgIpc) is 3.20. The van der Waals surface area contributed by atoms with Crippen molar-refractivity contribution in [1.82, 2.24) is 14.4 Å². The highest BCUT2D eigenvalue weighted by Gasteiger charge is 2.17. The smallest absolute Gasteiger partial charge is 0.148 e. The number of imidazole rings is 1. The number of rotatable bonds is 0. The van der Waals surface area contributed by atoms with Gasteiger partial charge in [0.2, 0.25) is 0 Å². The Kier molecular flexibility index (Phi) is 2.40. The zero-order valence-corrected chi connectivity index (χ0v) is 13.9. The normalized spacial score (nSPS) is 12.2. The van der Waals surface area contributed by atoms with Gasteiger partial charge in [-0.2, -0.15) is 0 Å². The van der Waals surface area contributed by atoms with E-state index in [1.807, 2.05) is 24.3 Å². The van der Waals surface area contributed by atoms with Crippen LogP contribution in [0.15, 0.2) is 66.7 Å².